The summed E-state index contributed by atoms with van der Waals surface area (Å²) in [6.45, 7) is -0.423. The highest BCUT2D eigenvalue weighted by atomic mass is 16.5. The standard InChI is InChI=1S/C16H15NO6/c1-22-16(21)10-7-12(18)15(13(19)8-10)23-9-14(20)17-11-5-3-2-4-6-11/h2-8,18-19H,9H2,1H3,(H,17,20). The van der Waals surface area contributed by atoms with Gasteiger partial charge in [0.15, 0.2) is 18.1 Å². The Morgan fingerprint density at radius 2 is 1.70 bits per heavy atom. The van der Waals surface area contributed by atoms with E-state index in [-0.39, 0.29) is 11.3 Å². The van der Waals surface area contributed by atoms with Crippen molar-refractivity contribution in [3.8, 4) is 17.2 Å². The molecule has 0 unspecified atom stereocenters. The van der Waals surface area contributed by atoms with Gasteiger partial charge in [-0.1, -0.05) is 18.2 Å². The number of carbonyl (C=O) groups is 2. The Balaban J connectivity index is 2.03. The molecule has 0 radical (unpaired) electrons. The molecule has 2 aromatic carbocycles. The molecule has 0 atom stereocenters. The largest absolute Gasteiger partial charge is 0.504 e. The minimum absolute atomic E-state index is 0.0383. The third kappa shape index (κ3) is 4.13. The van der Waals surface area contributed by atoms with Crippen LogP contribution in [0.5, 0.6) is 17.2 Å². The topological polar surface area (TPSA) is 105 Å². The monoisotopic (exact) mass is 317 g/mol. The minimum Gasteiger partial charge on any atom is -0.504 e. The average molecular weight is 317 g/mol. The van der Waals surface area contributed by atoms with E-state index in [0.717, 1.165) is 12.1 Å². The minimum atomic E-state index is -0.719. The molecule has 0 aliphatic carbocycles. The van der Waals surface area contributed by atoms with E-state index in [1.54, 1.807) is 24.3 Å². The van der Waals surface area contributed by atoms with Gasteiger partial charge in [0.05, 0.1) is 12.7 Å². The molecular formula is C16H15NO6. The molecule has 0 aliphatic heterocycles. The van der Waals surface area contributed by atoms with Crippen molar-refractivity contribution >= 4 is 17.6 Å². The number of esters is 1. The van der Waals surface area contributed by atoms with Crippen molar-refractivity contribution in [2.75, 3.05) is 19.0 Å². The third-order valence-electron chi connectivity index (χ3n) is 2.88. The van der Waals surface area contributed by atoms with Gasteiger partial charge >= 0.3 is 5.97 Å². The van der Waals surface area contributed by atoms with Crippen molar-refractivity contribution in [3.05, 3.63) is 48.0 Å². The fraction of sp³-hybridized carbons (Fsp3) is 0.125. The summed E-state index contributed by atoms with van der Waals surface area (Å²) in [5, 5.41) is 22.2. The van der Waals surface area contributed by atoms with Gasteiger partial charge in [-0.15, -0.1) is 0 Å². The van der Waals surface area contributed by atoms with Crippen LogP contribution in [0.1, 0.15) is 10.4 Å². The maximum absolute atomic E-state index is 11.8. The van der Waals surface area contributed by atoms with Gasteiger partial charge in [-0.3, -0.25) is 4.79 Å². The number of benzene rings is 2. The first-order valence-electron chi connectivity index (χ1n) is 6.63. The maximum atomic E-state index is 11.8. The lowest BCUT2D eigenvalue weighted by molar-refractivity contribution is -0.118. The number of hydrogen-bond donors (Lipinski definition) is 3. The molecule has 0 spiro atoms. The van der Waals surface area contributed by atoms with Crippen LogP contribution in [-0.4, -0.2) is 35.8 Å². The summed E-state index contributed by atoms with van der Waals surface area (Å²) in [7, 11) is 1.18. The van der Waals surface area contributed by atoms with Crippen molar-refractivity contribution in [2.24, 2.45) is 0 Å². The van der Waals surface area contributed by atoms with Crippen LogP contribution >= 0.6 is 0 Å². The number of amides is 1. The normalized spacial score (nSPS) is 9.96. The molecule has 2 aromatic rings. The van der Waals surface area contributed by atoms with Crippen molar-refractivity contribution < 1.29 is 29.3 Å². The Hall–Kier alpha value is -3.22. The lowest BCUT2D eigenvalue weighted by Crippen LogP contribution is -2.20. The molecule has 0 aromatic heterocycles. The van der Waals surface area contributed by atoms with Crippen molar-refractivity contribution in [2.45, 2.75) is 0 Å². The first-order valence-corrected chi connectivity index (χ1v) is 6.63. The number of phenolic OH excluding ortho intramolecular Hbond substituents is 2. The summed E-state index contributed by atoms with van der Waals surface area (Å²) in [5.41, 5.74) is 0.555. The summed E-state index contributed by atoms with van der Waals surface area (Å²) in [5.74, 6) is -2.42. The lowest BCUT2D eigenvalue weighted by atomic mass is 10.2. The van der Waals surface area contributed by atoms with Crippen molar-refractivity contribution in [1.29, 1.82) is 0 Å². The van der Waals surface area contributed by atoms with Gasteiger partial charge < -0.3 is 25.0 Å². The maximum Gasteiger partial charge on any atom is 0.338 e. The number of para-hydroxylation sites is 1. The van der Waals surface area contributed by atoms with Crippen LogP contribution in [0.25, 0.3) is 0 Å². The molecule has 7 heteroatoms. The average Bonchev–Trinajstić information content (AvgIpc) is 2.54. The van der Waals surface area contributed by atoms with E-state index in [9.17, 15) is 19.8 Å². The predicted molar refractivity (Wildman–Crippen MR) is 81.7 cm³/mol. The van der Waals surface area contributed by atoms with Gasteiger partial charge in [0.2, 0.25) is 5.75 Å². The number of rotatable bonds is 5. The zero-order valence-corrected chi connectivity index (χ0v) is 12.3. The molecule has 0 saturated carbocycles. The van der Waals surface area contributed by atoms with Gasteiger partial charge in [-0.25, -0.2) is 4.79 Å². The Bertz CT molecular complexity index is 691. The molecule has 3 N–H and O–H groups in total. The molecule has 0 bridgehead atoms. The molecule has 0 fully saturated rings. The number of aromatic hydroxyl groups is 2. The van der Waals surface area contributed by atoms with E-state index in [4.69, 9.17) is 4.74 Å². The molecule has 7 nitrogen and oxygen atoms in total. The van der Waals surface area contributed by atoms with Crippen molar-refractivity contribution in [1.82, 2.24) is 0 Å². The number of anilines is 1. The Labute approximate surface area is 132 Å². The van der Waals surface area contributed by atoms with E-state index >= 15 is 0 Å². The SMILES string of the molecule is COC(=O)c1cc(O)c(OCC(=O)Nc2ccccc2)c(O)c1. The number of methoxy groups -OCH3 is 1. The summed E-state index contributed by atoms with van der Waals surface area (Å²) < 4.78 is 9.59. The van der Waals surface area contributed by atoms with Crippen LogP contribution < -0.4 is 10.1 Å². The lowest BCUT2D eigenvalue weighted by Gasteiger charge is -2.11. The van der Waals surface area contributed by atoms with Gasteiger partial charge in [0, 0.05) is 5.69 Å². The fourth-order valence-corrected chi connectivity index (χ4v) is 1.84. The van der Waals surface area contributed by atoms with Crippen LogP contribution in [-0.2, 0) is 9.53 Å². The Morgan fingerprint density at radius 1 is 1.09 bits per heavy atom. The van der Waals surface area contributed by atoms with Gasteiger partial charge in [0.1, 0.15) is 0 Å². The smallest absolute Gasteiger partial charge is 0.338 e. The Morgan fingerprint density at radius 3 is 2.26 bits per heavy atom. The van der Waals surface area contributed by atoms with E-state index in [1.807, 2.05) is 6.07 Å². The van der Waals surface area contributed by atoms with Gasteiger partial charge in [0.25, 0.3) is 5.91 Å². The number of nitrogens with one attached hydrogen (secondary N) is 1. The summed E-state index contributed by atoms with van der Waals surface area (Å²) in [6, 6.07) is 10.9. The van der Waals surface area contributed by atoms with E-state index in [0.29, 0.717) is 5.69 Å². The molecule has 1 amide bonds. The fourth-order valence-electron chi connectivity index (χ4n) is 1.84. The molecule has 120 valence electrons. The zero-order chi connectivity index (χ0) is 16.8. The number of carbonyl (C=O) groups excluding carboxylic acids is 2. The van der Waals surface area contributed by atoms with Gasteiger partial charge in [-0.05, 0) is 24.3 Å². The van der Waals surface area contributed by atoms with Crippen LogP contribution in [0.2, 0.25) is 0 Å². The first kappa shape index (κ1) is 16.2. The first-order chi connectivity index (χ1) is 11.0. The molecule has 2 rings (SSSR count). The van der Waals surface area contributed by atoms with Gasteiger partial charge in [-0.2, -0.15) is 0 Å². The van der Waals surface area contributed by atoms with Crippen LogP contribution in [0.15, 0.2) is 42.5 Å². The molecule has 23 heavy (non-hydrogen) atoms. The highest BCUT2D eigenvalue weighted by Crippen LogP contribution is 2.37. The summed E-state index contributed by atoms with van der Waals surface area (Å²) >= 11 is 0. The second-order valence-electron chi connectivity index (χ2n) is 4.54. The predicted octanol–water partition coefficient (Wildman–Crippen LogP) is 1.90. The van der Waals surface area contributed by atoms with Crippen LogP contribution in [0, 0.1) is 0 Å². The second kappa shape index (κ2) is 7.17. The zero-order valence-electron chi connectivity index (χ0n) is 12.3. The third-order valence-corrected chi connectivity index (χ3v) is 2.88. The highest BCUT2D eigenvalue weighted by molar-refractivity contribution is 5.92. The molecular weight excluding hydrogens is 302 g/mol. The molecule has 0 saturated heterocycles. The number of ether oxygens (including phenoxy) is 2. The Kier molecular flexibility index (Phi) is 5.03. The van der Waals surface area contributed by atoms with Crippen molar-refractivity contribution in [3.63, 3.8) is 0 Å². The molecule has 0 heterocycles. The summed E-state index contributed by atoms with van der Waals surface area (Å²) in [6.07, 6.45) is 0. The van der Waals surface area contributed by atoms with E-state index < -0.39 is 30.0 Å². The van der Waals surface area contributed by atoms with E-state index in [2.05, 4.69) is 10.1 Å². The quantitative estimate of drug-likeness (QED) is 0.727. The summed E-state index contributed by atoms with van der Waals surface area (Å²) in [4.78, 5) is 23.1. The number of hydrogen-bond acceptors (Lipinski definition) is 6. The van der Waals surface area contributed by atoms with E-state index in [1.165, 1.54) is 7.11 Å². The van der Waals surface area contributed by atoms with Crippen LogP contribution in [0.4, 0.5) is 5.69 Å². The number of phenols is 2. The highest BCUT2D eigenvalue weighted by Gasteiger charge is 2.16. The molecule has 0 aliphatic rings. The second-order valence-corrected chi connectivity index (χ2v) is 4.54. The van der Waals surface area contributed by atoms with Crippen LogP contribution in [0.3, 0.4) is 0 Å².